The molecule has 4 aromatic rings. The van der Waals surface area contributed by atoms with Crippen molar-refractivity contribution in [3.05, 3.63) is 88.0 Å². The van der Waals surface area contributed by atoms with Crippen molar-refractivity contribution in [2.75, 3.05) is 5.32 Å². The van der Waals surface area contributed by atoms with Gasteiger partial charge in [0.05, 0.1) is 5.69 Å². The van der Waals surface area contributed by atoms with Gasteiger partial charge in [-0.1, -0.05) is 37.3 Å². The van der Waals surface area contributed by atoms with Crippen molar-refractivity contribution in [2.24, 2.45) is 0 Å². The number of thiophene rings is 1. The molecule has 0 saturated heterocycles. The summed E-state index contributed by atoms with van der Waals surface area (Å²) in [6.07, 6.45) is 3.19. The van der Waals surface area contributed by atoms with Gasteiger partial charge in [-0.05, 0) is 52.1 Å². The molecule has 1 unspecified atom stereocenters. The Balaban J connectivity index is 1.68. The zero-order chi connectivity index (χ0) is 19.5. The van der Waals surface area contributed by atoms with E-state index in [9.17, 15) is 9.18 Å². The summed E-state index contributed by atoms with van der Waals surface area (Å²) in [6.45, 7) is 2.13. The van der Waals surface area contributed by atoms with Crippen LogP contribution in [0.4, 0.5) is 10.1 Å². The number of halogens is 1. The molecule has 0 aliphatic heterocycles. The summed E-state index contributed by atoms with van der Waals surface area (Å²) in [5.74, 6) is -0.733. The van der Waals surface area contributed by atoms with Crippen molar-refractivity contribution < 1.29 is 9.18 Å². The van der Waals surface area contributed by atoms with E-state index in [4.69, 9.17) is 0 Å². The number of aromatic amines is 1. The molecule has 4 rings (SSSR count). The number of aromatic nitrogens is 1. The average Bonchev–Trinajstić information content (AvgIpc) is 3.38. The Morgan fingerprint density at radius 2 is 2.04 bits per heavy atom. The highest BCUT2D eigenvalue weighted by Gasteiger charge is 2.23. The smallest absolute Gasteiger partial charge is 0.225 e. The first kappa shape index (κ1) is 18.4. The van der Waals surface area contributed by atoms with Gasteiger partial charge in [0.15, 0.2) is 0 Å². The fourth-order valence-corrected chi connectivity index (χ4v) is 4.37. The first-order chi connectivity index (χ1) is 13.7. The minimum Gasteiger partial charge on any atom is -0.361 e. The van der Waals surface area contributed by atoms with E-state index in [1.54, 1.807) is 29.5 Å². The van der Waals surface area contributed by atoms with E-state index in [-0.39, 0.29) is 23.9 Å². The van der Waals surface area contributed by atoms with Gasteiger partial charge in [0, 0.05) is 29.4 Å². The van der Waals surface area contributed by atoms with Crippen molar-refractivity contribution >= 4 is 33.8 Å². The molecular weight excluding hydrogens is 371 g/mol. The molecule has 1 amide bonds. The maximum atomic E-state index is 13.9. The van der Waals surface area contributed by atoms with E-state index in [0.717, 1.165) is 28.5 Å². The van der Waals surface area contributed by atoms with Crippen molar-refractivity contribution in [3.8, 4) is 0 Å². The normalized spacial score (nSPS) is 12.2. The number of aryl methyl sites for hydroxylation is 1. The second-order valence-electron chi connectivity index (χ2n) is 6.78. The highest BCUT2D eigenvalue weighted by Crippen LogP contribution is 2.35. The van der Waals surface area contributed by atoms with E-state index in [2.05, 4.69) is 40.8 Å². The number of hydrogen-bond donors (Lipinski definition) is 2. The summed E-state index contributed by atoms with van der Waals surface area (Å²) < 4.78 is 13.9. The van der Waals surface area contributed by atoms with Crippen LogP contribution >= 0.6 is 11.3 Å². The summed E-state index contributed by atoms with van der Waals surface area (Å²) >= 11 is 1.61. The first-order valence-electron chi connectivity index (χ1n) is 9.32. The second kappa shape index (κ2) is 7.98. The lowest BCUT2D eigenvalue weighted by atomic mass is 9.89. The van der Waals surface area contributed by atoms with Gasteiger partial charge in [-0.3, -0.25) is 4.79 Å². The molecule has 0 aliphatic rings. The molecule has 28 heavy (non-hydrogen) atoms. The quantitative estimate of drug-likeness (QED) is 0.410. The van der Waals surface area contributed by atoms with E-state index < -0.39 is 5.82 Å². The molecule has 0 spiro atoms. The lowest BCUT2D eigenvalue weighted by Gasteiger charge is -2.16. The number of H-pyrrole nitrogens is 1. The summed E-state index contributed by atoms with van der Waals surface area (Å²) in [7, 11) is 0. The van der Waals surface area contributed by atoms with Crippen LogP contribution in [0.1, 0.15) is 36.0 Å². The van der Waals surface area contributed by atoms with Gasteiger partial charge in [-0.15, -0.1) is 0 Å². The van der Waals surface area contributed by atoms with Gasteiger partial charge in [0.2, 0.25) is 5.91 Å². The van der Waals surface area contributed by atoms with E-state index in [1.165, 1.54) is 11.6 Å². The predicted molar refractivity (Wildman–Crippen MR) is 113 cm³/mol. The number of carbonyl (C=O) groups is 1. The highest BCUT2D eigenvalue weighted by molar-refractivity contribution is 7.08. The molecule has 1 atom stereocenters. The zero-order valence-electron chi connectivity index (χ0n) is 15.5. The third kappa shape index (κ3) is 3.58. The molecule has 142 valence electrons. The van der Waals surface area contributed by atoms with Gasteiger partial charge in [0.1, 0.15) is 5.82 Å². The maximum absolute atomic E-state index is 13.9. The Bertz CT molecular complexity index is 1100. The number of rotatable bonds is 6. The van der Waals surface area contributed by atoms with Crippen LogP contribution in [0.5, 0.6) is 0 Å². The zero-order valence-corrected chi connectivity index (χ0v) is 16.4. The van der Waals surface area contributed by atoms with Crippen molar-refractivity contribution in [2.45, 2.75) is 25.7 Å². The first-order valence-corrected chi connectivity index (χ1v) is 10.3. The Morgan fingerprint density at radius 3 is 2.79 bits per heavy atom. The molecule has 0 bridgehead atoms. The van der Waals surface area contributed by atoms with Gasteiger partial charge in [0.25, 0.3) is 0 Å². The molecule has 0 radical (unpaired) electrons. The molecule has 5 heteroatoms. The van der Waals surface area contributed by atoms with Crippen LogP contribution in [-0.2, 0) is 11.2 Å². The number of amides is 1. The number of anilines is 1. The van der Waals surface area contributed by atoms with Crippen LogP contribution in [0.3, 0.4) is 0 Å². The Labute approximate surface area is 167 Å². The van der Waals surface area contributed by atoms with Crippen molar-refractivity contribution in [1.82, 2.24) is 4.98 Å². The number of carbonyl (C=O) groups excluding carboxylic acids is 1. The van der Waals surface area contributed by atoms with Crippen LogP contribution in [0.15, 0.2) is 65.5 Å². The minimum absolute atomic E-state index is 0.0983. The van der Waals surface area contributed by atoms with Crippen LogP contribution in [0.2, 0.25) is 0 Å². The topological polar surface area (TPSA) is 44.9 Å². The van der Waals surface area contributed by atoms with Crippen molar-refractivity contribution in [3.63, 3.8) is 0 Å². The number of nitrogens with one attached hydrogen (secondary N) is 2. The molecular formula is C23H21FN2OS. The third-order valence-corrected chi connectivity index (χ3v) is 5.77. The van der Waals surface area contributed by atoms with Gasteiger partial charge < -0.3 is 10.3 Å². The predicted octanol–water partition coefficient (Wildman–Crippen LogP) is 6.09. The number of para-hydroxylation sites is 2. The Kier molecular flexibility index (Phi) is 5.26. The fourth-order valence-electron chi connectivity index (χ4n) is 3.65. The number of hydrogen-bond acceptors (Lipinski definition) is 2. The largest absolute Gasteiger partial charge is 0.361 e. The second-order valence-corrected chi connectivity index (χ2v) is 7.56. The molecule has 0 aliphatic carbocycles. The van der Waals surface area contributed by atoms with E-state index in [0.29, 0.717) is 0 Å². The molecule has 2 aromatic heterocycles. The number of fused-ring (bicyclic) bond motifs is 1. The van der Waals surface area contributed by atoms with E-state index in [1.807, 2.05) is 17.6 Å². The third-order valence-electron chi connectivity index (χ3n) is 5.07. The van der Waals surface area contributed by atoms with Gasteiger partial charge in [-0.25, -0.2) is 4.39 Å². The molecule has 2 N–H and O–H groups in total. The summed E-state index contributed by atoms with van der Waals surface area (Å²) in [5, 5.41) is 7.94. The molecule has 0 saturated carbocycles. The summed E-state index contributed by atoms with van der Waals surface area (Å²) in [5.41, 5.74) is 4.77. The van der Waals surface area contributed by atoms with E-state index >= 15 is 0 Å². The summed E-state index contributed by atoms with van der Waals surface area (Å²) in [6, 6.07) is 14.6. The lowest BCUT2D eigenvalue weighted by molar-refractivity contribution is -0.116. The van der Waals surface area contributed by atoms with Gasteiger partial charge >= 0.3 is 0 Å². The van der Waals surface area contributed by atoms with Crippen LogP contribution < -0.4 is 5.32 Å². The minimum atomic E-state index is -0.428. The van der Waals surface area contributed by atoms with Gasteiger partial charge in [-0.2, -0.15) is 11.3 Å². The van der Waals surface area contributed by atoms with Crippen molar-refractivity contribution in [1.29, 1.82) is 0 Å². The Hall–Kier alpha value is -2.92. The lowest BCUT2D eigenvalue weighted by Crippen LogP contribution is -2.16. The van der Waals surface area contributed by atoms with Crippen LogP contribution in [-0.4, -0.2) is 10.9 Å². The molecule has 0 fully saturated rings. The van der Waals surface area contributed by atoms with Crippen LogP contribution in [0.25, 0.3) is 10.9 Å². The molecule has 2 heterocycles. The summed E-state index contributed by atoms with van der Waals surface area (Å²) in [4.78, 5) is 16.1. The average molecular weight is 392 g/mol. The Morgan fingerprint density at radius 1 is 1.18 bits per heavy atom. The maximum Gasteiger partial charge on any atom is 0.225 e. The standard InChI is InChI=1S/C23H21FN2OS/c1-2-15-6-5-7-17-19(13-25-23(15)17)18(16-10-11-28-14-16)12-22(27)26-21-9-4-3-8-20(21)24/h3-11,13-14,18,25H,2,12H2,1H3,(H,26,27). The SMILES string of the molecule is CCc1cccc2c(C(CC(=O)Nc3ccccc3F)c3ccsc3)c[nH]c12. The highest BCUT2D eigenvalue weighted by atomic mass is 32.1. The molecule has 2 aromatic carbocycles. The molecule has 3 nitrogen and oxygen atoms in total. The monoisotopic (exact) mass is 392 g/mol. The fraction of sp³-hybridized carbons (Fsp3) is 0.174. The number of benzene rings is 2. The van der Waals surface area contributed by atoms with Crippen LogP contribution in [0, 0.1) is 5.82 Å².